The van der Waals surface area contributed by atoms with E-state index in [0.717, 1.165) is 15.9 Å². The van der Waals surface area contributed by atoms with E-state index in [4.69, 9.17) is 11.6 Å². The van der Waals surface area contributed by atoms with E-state index in [1.807, 2.05) is 29.6 Å². The molecule has 4 nitrogen and oxygen atoms in total. The first-order valence-corrected chi connectivity index (χ1v) is 7.71. The summed E-state index contributed by atoms with van der Waals surface area (Å²) in [6, 6.07) is 9.09. The van der Waals surface area contributed by atoms with E-state index in [2.05, 4.69) is 15.3 Å². The Labute approximate surface area is 130 Å². The van der Waals surface area contributed by atoms with Crippen LogP contribution in [0.1, 0.15) is 15.5 Å². The standard InChI is InChI=1S/C15H12ClN3OS/c16-11-9-13(19-12-4-2-1-3-10(11)12)15(20)18-6-5-14-17-7-8-21-14/h1-4,7-9H,5-6H2,(H,18,20). The van der Waals surface area contributed by atoms with E-state index in [0.29, 0.717) is 23.7 Å². The number of nitrogens with zero attached hydrogens (tertiary/aromatic N) is 2. The fraction of sp³-hybridized carbons (Fsp3) is 0.133. The summed E-state index contributed by atoms with van der Waals surface area (Å²) in [5.74, 6) is -0.223. The molecule has 21 heavy (non-hydrogen) atoms. The van der Waals surface area contributed by atoms with Crippen LogP contribution in [0.25, 0.3) is 10.9 Å². The molecule has 3 aromatic rings. The van der Waals surface area contributed by atoms with Crippen molar-refractivity contribution in [3.63, 3.8) is 0 Å². The summed E-state index contributed by atoms with van der Waals surface area (Å²) >= 11 is 7.77. The lowest BCUT2D eigenvalue weighted by Gasteiger charge is -2.06. The van der Waals surface area contributed by atoms with Gasteiger partial charge in [0.25, 0.3) is 5.91 Å². The number of thiazole rings is 1. The number of halogens is 1. The highest BCUT2D eigenvalue weighted by Crippen LogP contribution is 2.22. The van der Waals surface area contributed by atoms with Crippen molar-refractivity contribution in [2.45, 2.75) is 6.42 Å². The zero-order chi connectivity index (χ0) is 14.7. The van der Waals surface area contributed by atoms with Gasteiger partial charge in [0.2, 0.25) is 0 Å². The molecule has 1 amide bonds. The molecule has 0 saturated carbocycles. The molecule has 1 aromatic carbocycles. The van der Waals surface area contributed by atoms with E-state index in [9.17, 15) is 4.79 Å². The molecule has 0 saturated heterocycles. The average Bonchev–Trinajstić information content (AvgIpc) is 3.00. The Morgan fingerprint density at radius 1 is 1.33 bits per heavy atom. The molecule has 0 atom stereocenters. The van der Waals surface area contributed by atoms with Gasteiger partial charge in [-0.2, -0.15) is 0 Å². The van der Waals surface area contributed by atoms with Gasteiger partial charge in [0.05, 0.1) is 15.5 Å². The van der Waals surface area contributed by atoms with E-state index in [1.54, 1.807) is 23.6 Å². The van der Waals surface area contributed by atoms with Crippen molar-refractivity contribution in [1.82, 2.24) is 15.3 Å². The number of pyridine rings is 1. The summed E-state index contributed by atoms with van der Waals surface area (Å²) < 4.78 is 0. The quantitative estimate of drug-likeness (QED) is 0.803. The summed E-state index contributed by atoms with van der Waals surface area (Å²) in [5, 5.41) is 7.13. The molecule has 0 aliphatic rings. The highest BCUT2D eigenvalue weighted by Gasteiger charge is 2.10. The van der Waals surface area contributed by atoms with Crippen LogP contribution < -0.4 is 5.32 Å². The summed E-state index contributed by atoms with van der Waals surface area (Å²) in [6.07, 6.45) is 2.47. The van der Waals surface area contributed by atoms with Crippen molar-refractivity contribution in [3.05, 3.63) is 57.6 Å². The lowest BCUT2D eigenvalue weighted by Crippen LogP contribution is -2.26. The fourth-order valence-corrected chi connectivity index (χ4v) is 2.88. The number of carbonyl (C=O) groups excluding carboxylic acids is 1. The van der Waals surface area contributed by atoms with Crippen LogP contribution in [0.3, 0.4) is 0 Å². The zero-order valence-electron chi connectivity index (χ0n) is 11.0. The SMILES string of the molecule is O=C(NCCc1nccs1)c1cc(Cl)c2ccccc2n1. The van der Waals surface area contributed by atoms with Crippen LogP contribution in [0.15, 0.2) is 41.9 Å². The normalized spacial score (nSPS) is 10.7. The van der Waals surface area contributed by atoms with Gasteiger partial charge >= 0.3 is 0 Å². The van der Waals surface area contributed by atoms with E-state index in [-0.39, 0.29) is 5.91 Å². The molecule has 2 aromatic heterocycles. The molecule has 0 spiro atoms. The van der Waals surface area contributed by atoms with Gasteiger partial charge in [0, 0.05) is 29.9 Å². The van der Waals surface area contributed by atoms with Crippen molar-refractivity contribution < 1.29 is 4.79 Å². The lowest BCUT2D eigenvalue weighted by molar-refractivity contribution is 0.0949. The van der Waals surface area contributed by atoms with Crippen molar-refractivity contribution >= 4 is 39.7 Å². The second-order valence-corrected chi connectivity index (χ2v) is 5.82. The number of fused-ring (bicyclic) bond motifs is 1. The molecule has 0 aliphatic carbocycles. The van der Waals surface area contributed by atoms with Crippen molar-refractivity contribution in [2.24, 2.45) is 0 Å². The van der Waals surface area contributed by atoms with Crippen molar-refractivity contribution in [1.29, 1.82) is 0 Å². The summed E-state index contributed by atoms with van der Waals surface area (Å²) in [5.41, 5.74) is 1.05. The average molecular weight is 318 g/mol. The molecule has 106 valence electrons. The molecule has 0 fully saturated rings. The number of hydrogen-bond acceptors (Lipinski definition) is 4. The Morgan fingerprint density at radius 3 is 3.00 bits per heavy atom. The van der Waals surface area contributed by atoms with Gasteiger partial charge in [-0.05, 0) is 12.1 Å². The van der Waals surface area contributed by atoms with Crippen LogP contribution in [0, 0.1) is 0 Å². The highest BCUT2D eigenvalue weighted by molar-refractivity contribution is 7.09. The lowest BCUT2D eigenvalue weighted by atomic mass is 10.2. The number of hydrogen-bond donors (Lipinski definition) is 1. The first-order chi connectivity index (χ1) is 10.2. The number of rotatable bonds is 4. The maximum atomic E-state index is 12.1. The van der Waals surface area contributed by atoms with Gasteiger partial charge in [-0.25, -0.2) is 9.97 Å². The monoisotopic (exact) mass is 317 g/mol. The third kappa shape index (κ3) is 3.20. The molecule has 2 heterocycles. The smallest absolute Gasteiger partial charge is 0.269 e. The number of carbonyl (C=O) groups is 1. The number of amides is 1. The number of aromatic nitrogens is 2. The molecule has 1 N–H and O–H groups in total. The molecular formula is C15H12ClN3OS. The van der Waals surface area contributed by atoms with Gasteiger partial charge in [-0.3, -0.25) is 4.79 Å². The van der Waals surface area contributed by atoms with E-state index in [1.165, 1.54) is 0 Å². The second kappa shape index (κ2) is 6.20. The minimum Gasteiger partial charge on any atom is -0.350 e. The Bertz CT molecular complexity index is 774. The van der Waals surface area contributed by atoms with Crippen LogP contribution in [-0.2, 0) is 6.42 Å². The number of para-hydroxylation sites is 1. The Balaban J connectivity index is 1.72. The fourth-order valence-electron chi connectivity index (χ4n) is 2.00. The van der Waals surface area contributed by atoms with Crippen LogP contribution in [0.4, 0.5) is 0 Å². The van der Waals surface area contributed by atoms with Crippen molar-refractivity contribution in [2.75, 3.05) is 6.54 Å². The zero-order valence-corrected chi connectivity index (χ0v) is 12.6. The predicted octanol–water partition coefficient (Wildman–Crippen LogP) is 3.32. The van der Waals surface area contributed by atoms with E-state index >= 15 is 0 Å². The molecule has 0 bridgehead atoms. The van der Waals surface area contributed by atoms with Gasteiger partial charge in [0.1, 0.15) is 5.69 Å². The molecule has 0 aliphatic heterocycles. The van der Waals surface area contributed by atoms with Crippen LogP contribution in [0.5, 0.6) is 0 Å². The Hall–Kier alpha value is -1.98. The molecule has 6 heteroatoms. The Morgan fingerprint density at radius 2 is 2.19 bits per heavy atom. The number of nitrogens with one attached hydrogen (secondary N) is 1. The van der Waals surface area contributed by atoms with Gasteiger partial charge in [-0.1, -0.05) is 29.8 Å². The van der Waals surface area contributed by atoms with Gasteiger partial charge in [0.15, 0.2) is 0 Å². The van der Waals surface area contributed by atoms with Gasteiger partial charge < -0.3 is 5.32 Å². The molecule has 0 unspecified atom stereocenters. The molecule has 0 radical (unpaired) electrons. The van der Waals surface area contributed by atoms with E-state index < -0.39 is 0 Å². The maximum Gasteiger partial charge on any atom is 0.269 e. The van der Waals surface area contributed by atoms with Crippen LogP contribution in [0.2, 0.25) is 5.02 Å². The first-order valence-electron chi connectivity index (χ1n) is 6.46. The summed E-state index contributed by atoms with van der Waals surface area (Å²) in [6.45, 7) is 0.526. The molecule has 3 rings (SSSR count). The van der Waals surface area contributed by atoms with Crippen LogP contribution in [-0.4, -0.2) is 22.4 Å². The Kier molecular flexibility index (Phi) is 4.13. The maximum absolute atomic E-state index is 12.1. The first kappa shape index (κ1) is 14.0. The number of benzene rings is 1. The topological polar surface area (TPSA) is 54.9 Å². The third-order valence-corrected chi connectivity index (χ3v) is 4.16. The predicted molar refractivity (Wildman–Crippen MR) is 84.9 cm³/mol. The minimum absolute atomic E-state index is 0.223. The second-order valence-electron chi connectivity index (χ2n) is 4.44. The largest absolute Gasteiger partial charge is 0.350 e. The third-order valence-electron chi connectivity index (χ3n) is 3.01. The molecular weight excluding hydrogens is 306 g/mol. The summed E-state index contributed by atoms with van der Waals surface area (Å²) in [4.78, 5) is 20.6. The van der Waals surface area contributed by atoms with Gasteiger partial charge in [-0.15, -0.1) is 11.3 Å². The highest BCUT2D eigenvalue weighted by atomic mass is 35.5. The van der Waals surface area contributed by atoms with Crippen LogP contribution >= 0.6 is 22.9 Å². The minimum atomic E-state index is -0.223. The van der Waals surface area contributed by atoms with Crippen molar-refractivity contribution in [3.8, 4) is 0 Å². The summed E-state index contributed by atoms with van der Waals surface area (Å²) in [7, 11) is 0.